The molecular weight excluding hydrogens is 420 g/mol. The summed E-state index contributed by atoms with van der Waals surface area (Å²) in [5.41, 5.74) is 1.42. The average Bonchev–Trinajstić information content (AvgIpc) is 3.38. The second-order valence-electron chi connectivity index (χ2n) is 6.18. The number of ether oxygens (including phenoxy) is 1. The van der Waals surface area contributed by atoms with Crippen molar-refractivity contribution >= 4 is 40.3 Å². The van der Waals surface area contributed by atoms with Crippen LogP contribution in [0.15, 0.2) is 70.6 Å². The van der Waals surface area contributed by atoms with Gasteiger partial charge in [0.2, 0.25) is 0 Å². The number of anilines is 1. The van der Waals surface area contributed by atoms with Crippen molar-refractivity contribution in [3.05, 3.63) is 76.7 Å². The molecule has 4 aromatic rings. The first-order valence-electron chi connectivity index (χ1n) is 8.91. The molecule has 0 spiro atoms. The van der Waals surface area contributed by atoms with Gasteiger partial charge in [-0.1, -0.05) is 29.4 Å². The molecule has 0 saturated carbocycles. The molecule has 0 fully saturated rings. The van der Waals surface area contributed by atoms with E-state index in [4.69, 9.17) is 21.5 Å². The number of carbonyl (C=O) groups is 1. The number of thiocarbonyl (C=S) groups is 1. The Morgan fingerprint density at radius 2 is 1.90 bits per heavy atom. The number of hydrogen-bond acceptors (Lipinski definition) is 7. The number of benzene rings is 2. The van der Waals surface area contributed by atoms with Crippen molar-refractivity contribution in [1.82, 2.24) is 15.5 Å². The third-order valence-corrected chi connectivity index (χ3v) is 4.89. The van der Waals surface area contributed by atoms with Gasteiger partial charge in [-0.15, -0.1) is 11.3 Å². The molecule has 0 radical (unpaired) electrons. The molecule has 0 aliphatic carbocycles. The molecule has 2 heterocycles. The smallest absolute Gasteiger partial charge is 0.279 e. The fraction of sp³-hybridized carbons (Fsp3) is 0.0476. The highest BCUT2D eigenvalue weighted by Gasteiger charge is 2.16. The fourth-order valence-corrected chi connectivity index (χ4v) is 3.38. The second kappa shape index (κ2) is 8.85. The highest BCUT2D eigenvalue weighted by Crippen LogP contribution is 2.24. The maximum absolute atomic E-state index is 12.4. The van der Waals surface area contributed by atoms with E-state index in [0.717, 1.165) is 10.8 Å². The van der Waals surface area contributed by atoms with Gasteiger partial charge >= 0.3 is 0 Å². The minimum Gasteiger partial charge on any atom is -0.457 e. The molecule has 0 atom stereocenters. The van der Waals surface area contributed by atoms with Crippen molar-refractivity contribution in [1.29, 1.82) is 0 Å². The fourth-order valence-electron chi connectivity index (χ4n) is 2.57. The van der Waals surface area contributed by atoms with Crippen molar-refractivity contribution in [2.24, 2.45) is 0 Å². The summed E-state index contributed by atoms with van der Waals surface area (Å²) in [4.78, 5) is 16.7. The monoisotopic (exact) mass is 436 g/mol. The molecule has 4 rings (SSSR count). The molecule has 2 aromatic carbocycles. The predicted molar refractivity (Wildman–Crippen MR) is 119 cm³/mol. The maximum Gasteiger partial charge on any atom is 0.279 e. The molecule has 30 heavy (non-hydrogen) atoms. The Kier molecular flexibility index (Phi) is 5.82. The van der Waals surface area contributed by atoms with Crippen LogP contribution in [-0.4, -0.2) is 21.2 Å². The van der Waals surface area contributed by atoms with Gasteiger partial charge in [-0.3, -0.25) is 10.1 Å². The van der Waals surface area contributed by atoms with Gasteiger partial charge < -0.3 is 14.6 Å². The Morgan fingerprint density at radius 3 is 2.67 bits per heavy atom. The topological polar surface area (TPSA) is 89.3 Å². The van der Waals surface area contributed by atoms with Gasteiger partial charge in [0.1, 0.15) is 17.2 Å². The van der Waals surface area contributed by atoms with E-state index in [2.05, 4.69) is 20.8 Å². The minimum atomic E-state index is -0.480. The average molecular weight is 437 g/mol. The SMILES string of the molecule is Cc1nc(-c2cc(C(=O)NC(=S)Nc3cccc(Oc4ccccc4)c3)no2)cs1. The third kappa shape index (κ3) is 4.88. The summed E-state index contributed by atoms with van der Waals surface area (Å²) >= 11 is 6.73. The van der Waals surface area contributed by atoms with E-state index >= 15 is 0 Å². The summed E-state index contributed by atoms with van der Waals surface area (Å²) in [7, 11) is 0. The van der Waals surface area contributed by atoms with Gasteiger partial charge in [0.25, 0.3) is 5.91 Å². The zero-order valence-electron chi connectivity index (χ0n) is 15.8. The lowest BCUT2D eigenvalue weighted by atomic mass is 10.3. The highest BCUT2D eigenvalue weighted by molar-refractivity contribution is 7.80. The predicted octanol–water partition coefficient (Wildman–Crippen LogP) is 5.03. The van der Waals surface area contributed by atoms with E-state index in [9.17, 15) is 4.79 Å². The lowest BCUT2D eigenvalue weighted by Gasteiger charge is -2.10. The Balaban J connectivity index is 1.37. The van der Waals surface area contributed by atoms with Crippen LogP contribution >= 0.6 is 23.6 Å². The lowest BCUT2D eigenvalue weighted by Crippen LogP contribution is -2.34. The number of rotatable bonds is 5. The number of hydrogen-bond donors (Lipinski definition) is 2. The first kappa shape index (κ1) is 19.7. The van der Waals surface area contributed by atoms with Crippen molar-refractivity contribution in [3.8, 4) is 23.0 Å². The summed E-state index contributed by atoms with van der Waals surface area (Å²) in [6.07, 6.45) is 0. The summed E-state index contributed by atoms with van der Waals surface area (Å²) < 4.78 is 11.0. The largest absolute Gasteiger partial charge is 0.457 e. The first-order chi connectivity index (χ1) is 14.6. The minimum absolute atomic E-state index is 0.112. The highest BCUT2D eigenvalue weighted by atomic mass is 32.1. The van der Waals surface area contributed by atoms with E-state index < -0.39 is 5.91 Å². The number of nitrogens with zero attached hydrogens (tertiary/aromatic N) is 2. The molecular formula is C21H16N4O3S2. The van der Waals surface area contributed by atoms with Crippen LogP contribution in [0.25, 0.3) is 11.5 Å². The zero-order chi connectivity index (χ0) is 20.9. The Hall–Kier alpha value is -3.56. The summed E-state index contributed by atoms with van der Waals surface area (Å²) in [6.45, 7) is 1.89. The molecule has 150 valence electrons. The number of aromatic nitrogens is 2. The molecule has 1 amide bonds. The van der Waals surface area contributed by atoms with Crippen LogP contribution in [0.5, 0.6) is 11.5 Å². The van der Waals surface area contributed by atoms with Crippen molar-refractivity contribution in [3.63, 3.8) is 0 Å². The van der Waals surface area contributed by atoms with Crippen LogP contribution < -0.4 is 15.4 Å². The van der Waals surface area contributed by atoms with E-state index in [1.54, 1.807) is 6.07 Å². The van der Waals surface area contributed by atoms with Gasteiger partial charge in [-0.05, 0) is 43.4 Å². The molecule has 0 aliphatic rings. The van der Waals surface area contributed by atoms with Crippen LogP contribution in [0.2, 0.25) is 0 Å². The molecule has 7 nitrogen and oxygen atoms in total. The molecule has 9 heteroatoms. The third-order valence-electron chi connectivity index (χ3n) is 3.91. The van der Waals surface area contributed by atoms with Gasteiger partial charge in [0, 0.05) is 23.2 Å². The number of carbonyl (C=O) groups excluding carboxylic acids is 1. The van der Waals surface area contributed by atoms with E-state index in [1.165, 1.54) is 17.4 Å². The molecule has 0 bridgehead atoms. The maximum atomic E-state index is 12.4. The van der Waals surface area contributed by atoms with Crippen molar-refractivity contribution < 1.29 is 14.1 Å². The van der Waals surface area contributed by atoms with Gasteiger partial charge in [-0.2, -0.15) is 0 Å². The quantitative estimate of drug-likeness (QED) is 0.424. The zero-order valence-corrected chi connectivity index (χ0v) is 17.4. The summed E-state index contributed by atoms with van der Waals surface area (Å²) in [5, 5.41) is 12.2. The Bertz CT molecular complexity index is 1190. The van der Waals surface area contributed by atoms with Gasteiger partial charge in [-0.25, -0.2) is 4.98 Å². The van der Waals surface area contributed by atoms with Gasteiger partial charge in [0.05, 0.1) is 5.01 Å². The number of aryl methyl sites for hydroxylation is 1. The number of thiazole rings is 1. The summed E-state index contributed by atoms with van der Waals surface area (Å²) in [6, 6.07) is 18.2. The second-order valence-corrected chi connectivity index (χ2v) is 7.65. The number of nitrogens with one attached hydrogen (secondary N) is 2. The van der Waals surface area contributed by atoms with Crippen molar-refractivity contribution in [2.45, 2.75) is 6.92 Å². The normalized spacial score (nSPS) is 10.4. The van der Waals surface area contributed by atoms with Gasteiger partial charge in [0.15, 0.2) is 16.6 Å². The van der Waals surface area contributed by atoms with E-state index in [0.29, 0.717) is 22.9 Å². The molecule has 2 aromatic heterocycles. The van der Waals surface area contributed by atoms with Crippen LogP contribution in [0.4, 0.5) is 5.69 Å². The van der Waals surface area contributed by atoms with E-state index in [-0.39, 0.29) is 10.8 Å². The molecule has 0 saturated heterocycles. The Morgan fingerprint density at radius 1 is 1.10 bits per heavy atom. The molecule has 0 unspecified atom stereocenters. The van der Waals surface area contributed by atoms with Crippen LogP contribution in [0.3, 0.4) is 0 Å². The first-order valence-corrected chi connectivity index (χ1v) is 10.2. The van der Waals surface area contributed by atoms with E-state index in [1.807, 2.05) is 60.8 Å². The number of amides is 1. The van der Waals surface area contributed by atoms with Crippen LogP contribution in [-0.2, 0) is 0 Å². The van der Waals surface area contributed by atoms with Crippen LogP contribution in [0.1, 0.15) is 15.5 Å². The number of para-hydroxylation sites is 1. The molecule has 0 aliphatic heterocycles. The Labute approximate surface area is 181 Å². The summed E-state index contributed by atoms with van der Waals surface area (Å²) in [5.74, 6) is 1.31. The molecule has 2 N–H and O–H groups in total. The van der Waals surface area contributed by atoms with Crippen LogP contribution in [0, 0.1) is 6.92 Å². The standard InChI is InChI=1S/C21H16N4O3S2/c1-13-22-18(12-30-13)19-11-17(25-28-19)20(26)24-21(29)23-14-6-5-9-16(10-14)27-15-7-3-2-4-8-15/h2-12H,1H3,(H2,23,24,26,29). The van der Waals surface area contributed by atoms with Crippen molar-refractivity contribution in [2.75, 3.05) is 5.32 Å². The lowest BCUT2D eigenvalue weighted by molar-refractivity contribution is 0.0969.